The normalized spacial score (nSPS) is 13.1. The van der Waals surface area contributed by atoms with E-state index in [1.165, 1.54) is 11.9 Å². The summed E-state index contributed by atoms with van der Waals surface area (Å²) in [5, 5.41) is 3.53. The molecule has 0 fully saturated rings. The van der Waals surface area contributed by atoms with Crippen LogP contribution in [0.2, 0.25) is 0 Å². The average molecular weight is 312 g/mol. The van der Waals surface area contributed by atoms with Crippen molar-refractivity contribution in [3.8, 4) is 0 Å². The van der Waals surface area contributed by atoms with Gasteiger partial charge >= 0.3 is 0 Å². The molecule has 0 aliphatic heterocycles. The number of oxazole rings is 1. The van der Waals surface area contributed by atoms with Gasteiger partial charge in [-0.15, -0.1) is 0 Å². The van der Waals surface area contributed by atoms with Gasteiger partial charge in [0.05, 0.1) is 22.8 Å². The number of benzene rings is 1. The van der Waals surface area contributed by atoms with Gasteiger partial charge in [-0.05, 0) is 26.0 Å². The summed E-state index contributed by atoms with van der Waals surface area (Å²) in [5.74, 6) is 2.35. The Bertz CT molecular complexity index is 787. The summed E-state index contributed by atoms with van der Waals surface area (Å²) in [4.78, 5) is 9.13. The number of aryl methyl sites for hydroxylation is 1. The minimum Gasteiger partial charge on any atom is -0.448 e. The van der Waals surface area contributed by atoms with E-state index >= 15 is 0 Å². The monoisotopic (exact) mass is 312 g/mol. The maximum absolute atomic E-state index is 5.49. The Morgan fingerprint density at radius 1 is 1.22 bits per heavy atom. The number of imidazole rings is 1. The zero-order valence-corrected chi connectivity index (χ0v) is 14.2. The van der Waals surface area contributed by atoms with Crippen LogP contribution in [0.25, 0.3) is 11.0 Å². The summed E-state index contributed by atoms with van der Waals surface area (Å²) in [6.07, 6.45) is 1.53. The van der Waals surface area contributed by atoms with E-state index in [4.69, 9.17) is 9.40 Å². The van der Waals surface area contributed by atoms with Gasteiger partial charge in [-0.1, -0.05) is 26.0 Å². The Morgan fingerprint density at radius 3 is 2.74 bits per heavy atom. The molecule has 5 nitrogen and oxygen atoms in total. The average Bonchev–Trinajstić information content (AvgIpc) is 3.16. The third-order valence-electron chi connectivity index (χ3n) is 4.16. The molecule has 0 spiro atoms. The number of aromatic nitrogens is 3. The summed E-state index contributed by atoms with van der Waals surface area (Å²) in [7, 11) is 0. The highest BCUT2D eigenvalue weighted by Gasteiger charge is 2.17. The first-order chi connectivity index (χ1) is 11.1. The number of nitrogens with zero attached hydrogens (tertiary/aromatic N) is 3. The first-order valence-corrected chi connectivity index (χ1v) is 8.22. The summed E-state index contributed by atoms with van der Waals surface area (Å²) in [6, 6.07) is 8.41. The van der Waals surface area contributed by atoms with Gasteiger partial charge in [0, 0.05) is 19.0 Å². The Balaban J connectivity index is 1.81. The van der Waals surface area contributed by atoms with E-state index in [9.17, 15) is 0 Å². The molecule has 0 aliphatic carbocycles. The molecule has 0 unspecified atom stereocenters. The van der Waals surface area contributed by atoms with Crippen LogP contribution in [0.1, 0.15) is 56.9 Å². The van der Waals surface area contributed by atoms with Crippen molar-refractivity contribution in [2.75, 3.05) is 0 Å². The number of rotatable bonds is 6. The smallest absolute Gasteiger partial charge is 0.181 e. The highest BCUT2D eigenvalue weighted by molar-refractivity contribution is 5.76. The van der Waals surface area contributed by atoms with Gasteiger partial charge in [0.2, 0.25) is 0 Å². The summed E-state index contributed by atoms with van der Waals surface area (Å²) < 4.78 is 7.75. The van der Waals surface area contributed by atoms with E-state index in [1.54, 1.807) is 0 Å². The lowest BCUT2D eigenvalue weighted by molar-refractivity contribution is 0.469. The van der Waals surface area contributed by atoms with E-state index in [0.717, 1.165) is 29.3 Å². The molecule has 23 heavy (non-hydrogen) atoms. The van der Waals surface area contributed by atoms with Crippen molar-refractivity contribution in [3.63, 3.8) is 0 Å². The molecule has 0 bridgehead atoms. The standard InChI is InChI=1S/C18H24N4O/c1-5-22-16-9-7-6-8-14(16)21-18(22)13(4)19-10-15-17(12(2)3)23-11-20-15/h6-9,11-13,19H,5,10H2,1-4H3/t13-/m0/s1. The quantitative estimate of drug-likeness (QED) is 0.747. The number of nitrogens with one attached hydrogen (secondary N) is 1. The van der Waals surface area contributed by atoms with Gasteiger partial charge in [0.1, 0.15) is 11.6 Å². The molecule has 0 radical (unpaired) electrons. The lowest BCUT2D eigenvalue weighted by Crippen LogP contribution is -2.22. The zero-order valence-electron chi connectivity index (χ0n) is 14.2. The molecule has 0 aliphatic rings. The summed E-state index contributed by atoms with van der Waals surface area (Å²) in [6.45, 7) is 10.1. The predicted molar refractivity (Wildman–Crippen MR) is 91.3 cm³/mol. The van der Waals surface area contributed by atoms with E-state index < -0.39 is 0 Å². The minimum absolute atomic E-state index is 0.138. The minimum atomic E-state index is 0.138. The molecule has 3 aromatic rings. The Morgan fingerprint density at radius 2 is 2.00 bits per heavy atom. The van der Waals surface area contributed by atoms with Crippen molar-refractivity contribution < 1.29 is 4.42 Å². The first-order valence-electron chi connectivity index (χ1n) is 8.22. The van der Waals surface area contributed by atoms with Gasteiger partial charge in [-0.3, -0.25) is 0 Å². The maximum atomic E-state index is 5.49. The van der Waals surface area contributed by atoms with Crippen molar-refractivity contribution in [1.82, 2.24) is 19.9 Å². The second-order valence-electron chi connectivity index (χ2n) is 6.12. The molecule has 122 valence electrons. The van der Waals surface area contributed by atoms with E-state index in [-0.39, 0.29) is 6.04 Å². The van der Waals surface area contributed by atoms with Crippen molar-refractivity contribution in [2.45, 2.75) is 52.7 Å². The lowest BCUT2D eigenvalue weighted by Gasteiger charge is -2.15. The number of hydrogen-bond acceptors (Lipinski definition) is 4. The van der Waals surface area contributed by atoms with Crippen LogP contribution in [0, 0.1) is 0 Å². The van der Waals surface area contributed by atoms with Crippen LogP contribution in [0.3, 0.4) is 0 Å². The molecule has 5 heteroatoms. The predicted octanol–water partition coefficient (Wildman–Crippen LogP) is 4.02. The van der Waals surface area contributed by atoms with Crippen LogP contribution in [0.15, 0.2) is 35.1 Å². The molecule has 2 heterocycles. The summed E-state index contributed by atoms with van der Waals surface area (Å²) in [5.41, 5.74) is 3.20. The first kappa shape index (κ1) is 15.7. The van der Waals surface area contributed by atoms with E-state index in [0.29, 0.717) is 12.5 Å². The highest BCUT2D eigenvalue weighted by Crippen LogP contribution is 2.22. The van der Waals surface area contributed by atoms with Crippen LogP contribution < -0.4 is 5.32 Å². The molecule has 0 saturated carbocycles. The van der Waals surface area contributed by atoms with Crippen LogP contribution in [-0.2, 0) is 13.1 Å². The third kappa shape index (κ3) is 3.01. The van der Waals surface area contributed by atoms with Crippen LogP contribution in [-0.4, -0.2) is 14.5 Å². The van der Waals surface area contributed by atoms with Crippen molar-refractivity contribution in [3.05, 3.63) is 47.9 Å². The second-order valence-corrected chi connectivity index (χ2v) is 6.12. The SMILES string of the molecule is CCn1c([C@H](C)NCc2ncoc2C(C)C)nc2ccccc21. The number of para-hydroxylation sites is 2. The van der Waals surface area contributed by atoms with Crippen LogP contribution in [0.4, 0.5) is 0 Å². The van der Waals surface area contributed by atoms with Gasteiger partial charge in [-0.2, -0.15) is 0 Å². The van der Waals surface area contributed by atoms with E-state index in [1.807, 2.05) is 6.07 Å². The molecular weight excluding hydrogens is 288 g/mol. The fourth-order valence-electron chi connectivity index (χ4n) is 2.98. The highest BCUT2D eigenvalue weighted by atomic mass is 16.3. The molecule has 1 N–H and O–H groups in total. The van der Waals surface area contributed by atoms with Gasteiger partial charge in [0.15, 0.2) is 6.39 Å². The van der Waals surface area contributed by atoms with Crippen LogP contribution >= 0.6 is 0 Å². The molecule has 0 saturated heterocycles. The van der Waals surface area contributed by atoms with Crippen LogP contribution in [0.5, 0.6) is 0 Å². The maximum Gasteiger partial charge on any atom is 0.181 e. The summed E-state index contributed by atoms with van der Waals surface area (Å²) >= 11 is 0. The molecule has 2 aromatic heterocycles. The third-order valence-corrected chi connectivity index (χ3v) is 4.16. The Hall–Kier alpha value is -2.14. The zero-order chi connectivity index (χ0) is 16.4. The van der Waals surface area contributed by atoms with Crippen molar-refractivity contribution in [2.24, 2.45) is 0 Å². The molecule has 3 rings (SSSR count). The number of hydrogen-bond donors (Lipinski definition) is 1. The van der Waals surface area contributed by atoms with Gasteiger partial charge < -0.3 is 14.3 Å². The lowest BCUT2D eigenvalue weighted by atomic mass is 10.1. The molecular formula is C18H24N4O. The Kier molecular flexibility index (Phi) is 4.48. The molecule has 0 amide bonds. The molecule has 1 atom stereocenters. The fraction of sp³-hybridized carbons (Fsp3) is 0.444. The number of fused-ring (bicyclic) bond motifs is 1. The van der Waals surface area contributed by atoms with Crippen molar-refractivity contribution >= 4 is 11.0 Å². The fourth-order valence-corrected chi connectivity index (χ4v) is 2.98. The second kappa shape index (κ2) is 6.54. The molecule has 1 aromatic carbocycles. The largest absolute Gasteiger partial charge is 0.448 e. The van der Waals surface area contributed by atoms with Gasteiger partial charge in [-0.25, -0.2) is 9.97 Å². The van der Waals surface area contributed by atoms with Crippen molar-refractivity contribution in [1.29, 1.82) is 0 Å². The Labute approximate surface area is 136 Å². The van der Waals surface area contributed by atoms with Gasteiger partial charge in [0.25, 0.3) is 0 Å². The van der Waals surface area contributed by atoms with E-state index in [2.05, 4.69) is 60.8 Å². The topological polar surface area (TPSA) is 55.9 Å².